The molecule has 5 aliphatic heterocycles. The molecule has 0 amide bonds. The molecule has 1 N–H and O–H groups in total. The van der Waals surface area contributed by atoms with Gasteiger partial charge in [0, 0.05) is 93.7 Å². The van der Waals surface area contributed by atoms with Gasteiger partial charge in [-0.3, -0.25) is 4.90 Å². The number of anilines is 1. The summed E-state index contributed by atoms with van der Waals surface area (Å²) in [5.74, 6) is -0.00970. The van der Waals surface area contributed by atoms with Crippen LogP contribution in [-0.2, 0) is 32.0 Å². The number of halogens is 4. The molecule has 3 saturated heterocycles. The maximum absolute atomic E-state index is 15.9. The van der Waals surface area contributed by atoms with Gasteiger partial charge in [0.1, 0.15) is 53.0 Å². The first kappa shape index (κ1) is 52.9. The summed E-state index contributed by atoms with van der Waals surface area (Å²) < 4.78 is 73.4. The standard InChI is InChI=1S/C54H59Cl2F2N7O9S/c1-32-43-33(2)47(56)48(46(32)55)73-39(26-64-19-17-63(3)18-20-64)11-21-70-38-8-9-41(72-27-37-10-14-59-53(62-37)65-15-12-54(58,13-16-65)30-69-29-40-28-68-22-23-71-40)35(24-38)25-42(52(66)67)74-50-45-44(43)49(75-51(45)61-31-60-50)34-4-6-36(57)7-5-34/h4-10,14,24,31,39-40,42H,11-13,15-23,25-30H2,1-3H3,(H,66,67)/t39-,40-,42+/m0/s1. The van der Waals surface area contributed by atoms with Gasteiger partial charge in [-0.1, -0.05) is 35.3 Å². The van der Waals surface area contributed by atoms with E-state index in [0.717, 1.165) is 26.2 Å². The van der Waals surface area contributed by atoms with Crippen LogP contribution >= 0.6 is 34.5 Å². The molecule has 3 fully saturated rings. The fourth-order valence-electron chi connectivity index (χ4n) is 9.92. The molecular formula is C54H59Cl2F2N7O9S. The number of likely N-dealkylation sites (N-methyl/N-ethyl adjacent to an activating group) is 1. The number of hydrogen-bond donors (Lipinski definition) is 1. The molecule has 16 nitrogen and oxygen atoms in total. The Morgan fingerprint density at radius 1 is 0.920 bits per heavy atom. The van der Waals surface area contributed by atoms with Gasteiger partial charge < -0.3 is 48.1 Å². The molecule has 3 aromatic heterocycles. The number of thiophene rings is 1. The minimum absolute atomic E-state index is 0.00751. The fraction of sp³-hybridized carbons (Fsp3) is 0.463. The highest BCUT2D eigenvalue weighted by atomic mass is 35.5. The molecule has 0 saturated carbocycles. The number of ether oxygens (including phenoxy) is 7. The fourth-order valence-corrected chi connectivity index (χ4v) is 11.6. The van der Waals surface area contributed by atoms with Gasteiger partial charge in [0.25, 0.3) is 0 Å². The second kappa shape index (κ2) is 23.4. The van der Waals surface area contributed by atoms with Gasteiger partial charge in [-0.15, -0.1) is 11.3 Å². The number of aromatic nitrogens is 4. The third-order valence-electron chi connectivity index (χ3n) is 14.2. The average Bonchev–Trinajstić information content (AvgIpc) is 3.81. The average molecular weight is 1090 g/mol. The number of carbonyl (C=O) groups is 1. The summed E-state index contributed by atoms with van der Waals surface area (Å²) in [6.07, 6.45) is 1.65. The Morgan fingerprint density at radius 3 is 2.43 bits per heavy atom. The van der Waals surface area contributed by atoms with Gasteiger partial charge >= 0.3 is 5.97 Å². The predicted molar refractivity (Wildman–Crippen MR) is 281 cm³/mol. The van der Waals surface area contributed by atoms with E-state index < -0.39 is 29.7 Å². The van der Waals surface area contributed by atoms with Crippen LogP contribution in [0.3, 0.4) is 0 Å². The maximum Gasteiger partial charge on any atom is 0.345 e. The lowest BCUT2D eigenvalue weighted by Gasteiger charge is -2.36. The van der Waals surface area contributed by atoms with Crippen molar-refractivity contribution in [1.82, 2.24) is 29.7 Å². The number of alkyl halides is 1. The molecular weight excluding hydrogens is 1030 g/mol. The SMILES string of the molecule is Cc1c(Cl)c2c(Cl)c(C)c1-c1c(-c3ccc(F)cc3)sc3ncnc(c13)O[C@@H](C(=O)O)Cc1cc(ccc1OCc1ccnc(N3CCC(F)(COC[C@@H]4COCCO4)CC3)n1)OCC[C@@H](CN1CCN(C)CC1)O2. The minimum atomic E-state index is -1.49. The van der Waals surface area contributed by atoms with Crippen molar-refractivity contribution in [2.24, 2.45) is 0 Å². The molecule has 0 radical (unpaired) electrons. The normalized spacial score (nSPS) is 20.7. The lowest BCUT2D eigenvalue weighted by atomic mass is 9.92. The smallest absolute Gasteiger partial charge is 0.345 e. The number of carboxylic acid groups (broad SMARTS) is 1. The number of benzene rings is 3. The number of aliphatic carboxylic acids is 1. The van der Waals surface area contributed by atoms with Crippen molar-refractivity contribution < 1.29 is 51.8 Å². The first-order valence-corrected chi connectivity index (χ1v) is 26.8. The molecule has 6 aromatic rings. The van der Waals surface area contributed by atoms with E-state index in [4.69, 9.17) is 61.3 Å². The number of rotatable bonds is 12. The predicted octanol–water partition coefficient (Wildman–Crippen LogP) is 9.05. The van der Waals surface area contributed by atoms with E-state index in [9.17, 15) is 14.3 Å². The summed E-state index contributed by atoms with van der Waals surface area (Å²) >= 11 is 16.0. The topological polar surface area (TPSA) is 163 Å². The Morgan fingerprint density at radius 2 is 1.69 bits per heavy atom. The molecule has 3 atom stereocenters. The van der Waals surface area contributed by atoms with E-state index in [1.807, 2.05) is 18.7 Å². The van der Waals surface area contributed by atoms with Crippen LogP contribution in [0.25, 0.3) is 31.8 Å². The zero-order chi connectivity index (χ0) is 52.2. The number of piperidine rings is 1. The summed E-state index contributed by atoms with van der Waals surface area (Å²) in [7, 11) is 2.11. The molecule has 21 heteroatoms. The first-order valence-electron chi connectivity index (χ1n) is 25.2. The number of piperazine rings is 1. The van der Waals surface area contributed by atoms with Crippen LogP contribution in [0.4, 0.5) is 14.7 Å². The van der Waals surface area contributed by atoms with Gasteiger partial charge in [-0.2, -0.15) is 0 Å². The zero-order valence-corrected chi connectivity index (χ0v) is 44.3. The summed E-state index contributed by atoms with van der Waals surface area (Å²) in [6, 6.07) is 13.1. The minimum Gasteiger partial charge on any atom is -0.493 e. The molecule has 3 aromatic carbocycles. The van der Waals surface area contributed by atoms with Crippen LogP contribution in [0, 0.1) is 19.7 Å². The van der Waals surface area contributed by atoms with E-state index in [1.165, 1.54) is 29.8 Å². The van der Waals surface area contributed by atoms with E-state index in [1.54, 1.807) is 42.6 Å². The molecule has 0 unspecified atom stereocenters. The highest BCUT2D eigenvalue weighted by Crippen LogP contribution is 2.53. The molecule has 0 aliphatic carbocycles. The Kier molecular flexibility index (Phi) is 16.5. The Balaban J connectivity index is 0.962. The third-order valence-corrected chi connectivity index (χ3v) is 16.3. The van der Waals surface area contributed by atoms with Crippen molar-refractivity contribution >= 4 is 56.7 Å². The van der Waals surface area contributed by atoms with Gasteiger partial charge in [0.2, 0.25) is 17.9 Å². The number of nitrogens with zero attached hydrogens (tertiary/aromatic N) is 7. The lowest BCUT2D eigenvalue weighted by molar-refractivity contribution is -0.145. The van der Waals surface area contributed by atoms with E-state index >= 15 is 4.39 Å². The first-order chi connectivity index (χ1) is 36.3. The number of fused-ring (bicyclic) bond motifs is 8. The van der Waals surface area contributed by atoms with Crippen molar-refractivity contribution in [2.45, 2.75) is 70.1 Å². The van der Waals surface area contributed by atoms with Gasteiger partial charge in [-0.25, -0.2) is 33.5 Å². The van der Waals surface area contributed by atoms with E-state index in [2.05, 4.69) is 31.8 Å². The second-order valence-corrected chi connectivity index (χ2v) is 21.3. The molecule has 8 heterocycles. The van der Waals surface area contributed by atoms with E-state index in [0.29, 0.717) is 133 Å². The quantitative estimate of drug-likeness (QED) is 0.123. The monoisotopic (exact) mass is 1090 g/mol. The van der Waals surface area contributed by atoms with Gasteiger partial charge in [0.05, 0.1) is 60.8 Å². The number of hydrogen-bond acceptors (Lipinski definition) is 16. The van der Waals surface area contributed by atoms with Gasteiger partial charge in [0.15, 0.2) is 5.75 Å². The lowest BCUT2D eigenvalue weighted by Crippen LogP contribution is -2.48. The van der Waals surface area contributed by atoms with Crippen molar-refractivity contribution in [3.05, 3.63) is 99.3 Å². The van der Waals surface area contributed by atoms with Crippen LogP contribution < -0.4 is 23.8 Å². The highest BCUT2D eigenvalue weighted by molar-refractivity contribution is 7.22. The maximum atomic E-state index is 15.9. The summed E-state index contributed by atoms with van der Waals surface area (Å²) in [6.45, 7) is 10.7. The van der Waals surface area contributed by atoms with Crippen molar-refractivity contribution in [3.63, 3.8) is 0 Å². The van der Waals surface area contributed by atoms with Crippen LogP contribution in [-0.4, -0.2) is 157 Å². The Labute approximate surface area is 447 Å². The van der Waals surface area contributed by atoms with E-state index in [-0.39, 0.29) is 57.7 Å². The Hall–Kier alpha value is -5.51. The number of carboxylic acids is 1. The van der Waals surface area contributed by atoms with Crippen molar-refractivity contribution in [2.75, 3.05) is 97.4 Å². The van der Waals surface area contributed by atoms with Gasteiger partial charge in [-0.05, 0) is 79.5 Å². The third kappa shape index (κ3) is 12.2. The molecule has 5 aliphatic rings. The summed E-state index contributed by atoms with van der Waals surface area (Å²) in [4.78, 5) is 39.7. The van der Waals surface area contributed by atoms with Crippen LogP contribution in [0.2, 0.25) is 10.0 Å². The zero-order valence-electron chi connectivity index (χ0n) is 42.0. The second-order valence-electron chi connectivity index (χ2n) is 19.5. The van der Waals surface area contributed by atoms with Crippen molar-refractivity contribution in [1.29, 1.82) is 0 Å². The largest absolute Gasteiger partial charge is 0.493 e. The molecule has 398 valence electrons. The highest BCUT2D eigenvalue weighted by Gasteiger charge is 2.37. The molecule has 75 heavy (non-hydrogen) atoms. The van der Waals surface area contributed by atoms with Crippen LogP contribution in [0.15, 0.2) is 61.1 Å². The van der Waals surface area contributed by atoms with Crippen molar-refractivity contribution in [3.8, 4) is 44.7 Å². The molecule has 0 spiro atoms. The molecule has 11 rings (SSSR count). The summed E-state index contributed by atoms with van der Waals surface area (Å²) in [5, 5.41) is 12.0. The van der Waals surface area contributed by atoms with Crippen LogP contribution in [0.1, 0.15) is 41.6 Å². The Bertz CT molecular complexity index is 2960. The summed E-state index contributed by atoms with van der Waals surface area (Å²) in [5.41, 5.74) is 2.80. The molecule has 4 bridgehead atoms. The van der Waals surface area contributed by atoms with Crippen LogP contribution in [0.5, 0.6) is 23.1 Å².